The van der Waals surface area contributed by atoms with Crippen molar-refractivity contribution in [3.8, 4) is 0 Å². The summed E-state index contributed by atoms with van der Waals surface area (Å²) in [4.78, 5) is 0. The molecule has 0 amide bonds. The van der Waals surface area contributed by atoms with Crippen LogP contribution >= 0.6 is 0 Å². The molecule has 9 heteroatoms. The van der Waals surface area contributed by atoms with Crippen molar-refractivity contribution in [2.45, 2.75) is 0 Å². The average Bonchev–Trinajstić information content (AvgIpc) is 2.33. The van der Waals surface area contributed by atoms with Gasteiger partial charge in [0, 0.05) is 16.8 Å². The fourth-order valence-electron chi connectivity index (χ4n) is 0. The van der Waals surface area contributed by atoms with Gasteiger partial charge in [0.2, 0.25) is 0 Å². The van der Waals surface area contributed by atoms with Gasteiger partial charge in [0.05, 0.1) is 0 Å². The molecule has 0 atom stereocenters. The van der Waals surface area contributed by atoms with Crippen molar-refractivity contribution in [1.82, 2.24) is 0 Å². The summed E-state index contributed by atoms with van der Waals surface area (Å²) in [6.45, 7) is 28.5. The normalized spacial score (nSPS) is 0.800. The van der Waals surface area contributed by atoms with Crippen LogP contribution in [0.5, 0.6) is 0 Å². The van der Waals surface area contributed by atoms with Gasteiger partial charge in [-0.05, 0) is 0 Å². The molecular formula is C6H2CoLi2N6-6. The minimum absolute atomic E-state index is 0. The number of nitrogens with zero attached hydrogens (tertiary/aromatic N) is 6. The maximum absolute atomic E-state index is 6.25. The summed E-state index contributed by atoms with van der Waals surface area (Å²) >= 11 is 0. The molecule has 0 rings (SSSR count). The second-order valence-electron chi connectivity index (χ2n) is 0. The second-order valence-corrected chi connectivity index (χ2v) is 0. The summed E-state index contributed by atoms with van der Waals surface area (Å²) in [6, 6.07) is 0. The van der Waals surface area contributed by atoms with Crippen molar-refractivity contribution < 1.29 is 57.4 Å². The molecule has 0 aromatic carbocycles. The Morgan fingerprint density at radius 1 is 0.400 bits per heavy atom. The molecule has 0 N–H and O–H groups in total. The van der Waals surface area contributed by atoms with Crippen molar-refractivity contribution in [2.24, 2.45) is 0 Å². The molecule has 0 unspecified atom stereocenters. The summed E-state index contributed by atoms with van der Waals surface area (Å²) in [5, 5.41) is 37.5. The van der Waals surface area contributed by atoms with Crippen LogP contribution < -0.4 is 37.7 Å². The summed E-state index contributed by atoms with van der Waals surface area (Å²) in [5.41, 5.74) is 0. The Morgan fingerprint density at radius 2 is 0.400 bits per heavy atom. The van der Waals surface area contributed by atoms with Gasteiger partial charge in [0.15, 0.2) is 0 Å². The fraction of sp³-hybridized carbons (Fsp3) is 0. The molecule has 0 saturated carbocycles. The van der Waals surface area contributed by atoms with Crippen molar-refractivity contribution >= 4 is 0 Å². The molecule has 73 valence electrons. The molecule has 0 saturated heterocycles. The van der Waals surface area contributed by atoms with Crippen molar-refractivity contribution in [3.63, 3.8) is 0 Å². The van der Waals surface area contributed by atoms with E-state index in [-0.39, 0.29) is 57.4 Å². The van der Waals surface area contributed by atoms with Gasteiger partial charge < -0.3 is 73.9 Å². The zero-order valence-corrected chi connectivity index (χ0v) is 9.06. The number of rotatable bonds is 0. The first-order valence-electron chi connectivity index (χ1n) is 1.34. The minimum atomic E-state index is 0. The summed E-state index contributed by atoms with van der Waals surface area (Å²) in [5.74, 6) is 0. The molecule has 0 aromatic heterocycles. The van der Waals surface area contributed by atoms with E-state index < -0.39 is 0 Å². The first-order valence-corrected chi connectivity index (χ1v) is 1.34. The van der Waals surface area contributed by atoms with E-state index in [0.717, 1.165) is 0 Å². The molecule has 0 spiro atoms. The third-order valence-corrected chi connectivity index (χ3v) is 0. The maximum Gasteiger partial charge on any atom is 1.00 e. The standard InChI is InChI=1S/6CN.Co.2Li.2H/c6*1-2;;;;;/q6*-1;;2*+1;2*-1. The zero-order chi connectivity index (χ0) is 12.0. The third kappa shape index (κ3) is 775. The van der Waals surface area contributed by atoms with E-state index in [1.165, 1.54) is 0 Å². The second kappa shape index (κ2) is 928. The molecule has 0 fully saturated rings. The summed E-state index contributed by atoms with van der Waals surface area (Å²) in [7, 11) is 0. The van der Waals surface area contributed by atoms with Crippen LogP contribution in [-0.4, -0.2) is 0 Å². The molecule has 6 nitrogen and oxygen atoms in total. The molecule has 1 radical (unpaired) electrons. The Balaban J connectivity index is -0.00000000267. The van der Waals surface area contributed by atoms with Crippen LogP contribution in [0.25, 0.3) is 0 Å². The third-order valence-electron chi connectivity index (χ3n) is 0. The van der Waals surface area contributed by atoms with Crippen molar-refractivity contribution in [3.05, 3.63) is 39.4 Å². The van der Waals surface area contributed by atoms with Crippen LogP contribution in [0.2, 0.25) is 0 Å². The molecule has 15 heavy (non-hydrogen) atoms. The quantitative estimate of drug-likeness (QED) is 0.301. The first kappa shape index (κ1) is 101. The van der Waals surface area contributed by atoms with E-state index in [2.05, 4.69) is 0 Å². The zero-order valence-electron chi connectivity index (χ0n) is 10.0. The van der Waals surface area contributed by atoms with Gasteiger partial charge in [-0.25, -0.2) is 0 Å². The van der Waals surface area contributed by atoms with Crippen LogP contribution in [-0.2, 0) is 16.8 Å². The molecule has 0 aliphatic carbocycles. The topological polar surface area (TPSA) is 143 Å². The number of hydrogen-bond acceptors (Lipinski definition) is 6. The minimum Gasteiger partial charge on any atom is -1.00 e. The van der Waals surface area contributed by atoms with E-state index in [1.807, 2.05) is 0 Å². The van der Waals surface area contributed by atoms with E-state index >= 15 is 0 Å². The van der Waals surface area contributed by atoms with E-state index in [9.17, 15) is 0 Å². The van der Waals surface area contributed by atoms with Crippen molar-refractivity contribution in [1.29, 1.82) is 31.6 Å². The van der Waals surface area contributed by atoms with Crippen LogP contribution in [0.1, 0.15) is 2.85 Å². The van der Waals surface area contributed by atoms with Gasteiger partial charge in [0.25, 0.3) is 0 Å². The maximum atomic E-state index is 6.25. The Kier molecular flexibility index (Phi) is 6260. The van der Waals surface area contributed by atoms with Crippen molar-refractivity contribution in [2.75, 3.05) is 0 Å². The Labute approximate surface area is 128 Å². The first-order chi connectivity index (χ1) is 6.00. The van der Waals surface area contributed by atoms with E-state index in [0.29, 0.717) is 0 Å². The van der Waals surface area contributed by atoms with Gasteiger partial charge in [0.1, 0.15) is 0 Å². The predicted molar refractivity (Wildman–Crippen MR) is 32.0 cm³/mol. The van der Waals surface area contributed by atoms with Gasteiger partial charge in [-0.15, -0.1) is 0 Å². The van der Waals surface area contributed by atoms with Crippen LogP contribution in [0, 0.1) is 71.0 Å². The molecule has 0 heterocycles. The SMILES string of the molecule is [C-]#N.[C-]#N.[C-]#N.[C-]#N.[C-]#N.[C-]#N.[Co].[H-].[H-].[Li+].[Li+]. The Morgan fingerprint density at radius 3 is 0.400 bits per heavy atom. The molecular weight excluding hydrogens is 229 g/mol. The summed E-state index contributed by atoms with van der Waals surface area (Å²) < 4.78 is 0. The van der Waals surface area contributed by atoms with E-state index in [1.54, 1.807) is 0 Å². The molecule has 0 aliphatic rings. The fourth-order valence-corrected chi connectivity index (χ4v) is 0. The van der Waals surface area contributed by atoms with E-state index in [4.69, 9.17) is 71.0 Å². The van der Waals surface area contributed by atoms with Crippen LogP contribution in [0.15, 0.2) is 0 Å². The average molecular weight is 231 g/mol. The molecule has 0 aromatic rings. The monoisotopic (exact) mass is 231 g/mol. The van der Waals surface area contributed by atoms with Crippen LogP contribution in [0.3, 0.4) is 0 Å². The largest absolute Gasteiger partial charge is 1.00 e. The molecule has 0 aliphatic heterocycles. The smallest absolute Gasteiger partial charge is 1.00 e. The van der Waals surface area contributed by atoms with Crippen LogP contribution in [0.4, 0.5) is 0 Å². The van der Waals surface area contributed by atoms with Gasteiger partial charge in [-0.2, -0.15) is 0 Å². The van der Waals surface area contributed by atoms with Gasteiger partial charge >= 0.3 is 37.7 Å². The number of hydrogen-bond donors (Lipinski definition) is 0. The Hall–Kier alpha value is -1.36. The summed E-state index contributed by atoms with van der Waals surface area (Å²) in [6.07, 6.45) is 0. The predicted octanol–water partition coefficient (Wildman–Crippen LogP) is -5.19. The van der Waals surface area contributed by atoms with Gasteiger partial charge in [-0.1, -0.05) is 0 Å². The van der Waals surface area contributed by atoms with Gasteiger partial charge in [-0.3, -0.25) is 0 Å². The molecule has 0 bridgehead atoms. The Bertz CT molecular complexity index is 110.